The number of rotatable bonds is 6. The fourth-order valence-electron chi connectivity index (χ4n) is 2.08. The first-order chi connectivity index (χ1) is 9.29. The van der Waals surface area contributed by atoms with E-state index in [2.05, 4.69) is 27.7 Å². The molecule has 0 saturated carbocycles. The highest BCUT2D eigenvalue weighted by atomic mass is 16.2. The Kier molecular flexibility index (Phi) is 5.80. The molecule has 0 bridgehead atoms. The van der Waals surface area contributed by atoms with Crippen LogP contribution in [0.1, 0.15) is 27.7 Å². The van der Waals surface area contributed by atoms with Crippen LogP contribution in [0.4, 0.5) is 5.69 Å². The molecule has 1 amide bonds. The van der Waals surface area contributed by atoms with E-state index in [0.717, 1.165) is 0 Å². The second-order valence-corrected chi connectivity index (χ2v) is 6.01. The summed E-state index contributed by atoms with van der Waals surface area (Å²) in [5, 5.41) is 0. The maximum Gasteiger partial charge on any atom is 0.251 e. The summed E-state index contributed by atoms with van der Waals surface area (Å²) in [6.07, 6.45) is 1.52. The Labute approximate surface area is 120 Å². The fraction of sp³-hybridized carbons (Fsp3) is 0.600. The number of carbonyl (C=O) groups is 1. The maximum absolute atomic E-state index is 12.4. The average molecular weight is 279 g/mol. The van der Waals surface area contributed by atoms with E-state index in [1.807, 2.05) is 4.90 Å². The minimum atomic E-state index is -0.207. The molecule has 0 unspecified atom stereocenters. The molecule has 5 heteroatoms. The van der Waals surface area contributed by atoms with E-state index in [9.17, 15) is 9.59 Å². The summed E-state index contributed by atoms with van der Waals surface area (Å²) >= 11 is 0. The van der Waals surface area contributed by atoms with Crippen LogP contribution in [0.3, 0.4) is 0 Å². The van der Waals surface area contributed by atoms with Crippen molar-refractivity contribution in [3.63, 3.8) is 0 Å². The van der Waals surface area contributed by atoms with Gasteiger partial charge in [-0.15, -0.1) is 0 Å². The quantitative estimate of drug-likeness (QED) is 0.859. The summed E-state index contributed by atoms with van der Waals surface area (Å²) < 4.78 is 1.37. The van der Waals surface area contributed by atoms with Crippen molar-refractivity contribution in [1.29, 1.82) is 0 Å². The van der Waals surface area contributed by atoms with Gasteiger partial charge in [-0.05, 0) is 17.9 Å². The highest BCUT2D eigenvalue weighted by Crippen LogP contribution is 2.06. The standard InChI is InChI=1S/C15H25N3O2/c1-11(2)7-17(8-12(3)4)15(20)10-18-9-13(16)5-6-14(18)19/h5-6,9,11-12H,7-8,10,16H2,1-4H3. The Hall–Kier alpha value is -1.78. The number of carbonyl (C=O) groups excluding carboxylic acids is 1. The first-order valence-corrected chi connectivity index (χ1v) is 7.03. The fourth-order valence-corrected chi connectivity index (χ4v) is 2.08. The Morgan fingerprint density at radius 1 is 1.20 bits per heavy atom. The third-order valence-corrected chi connectivity index (χ3v) is 2.84. The minimum Gasteiger partial charge on any atom is -0.398 e. The molecule has 1 heterocycles. The molecule has 0 saturated heterocycles. The summed E-state index contributed by atoms with van der Waals surface area (Å²) in [5.41, 5.74) is 5.93. The summed E-state index contributed by atoms with van der Waals surface area (Å²) in [5.74, 6) is 0.755. The monoisotopic (exact) mass is 279 g/mol. The second-order valence-electron chi connectivity index (χ2n) is 6.01. The Morgan fingerprint density at radius 3 is 2.25 bits per heavy atom. The highest BCUT2D eigenvalue weighted by molar-refractivity contribution is 5.76. The summed E-state index contributed by atoms with van der Waals surface area (Å²) in [6, 6.07) is 2.93. The van der Waals surface area contributed by atoms with Crippen molar-refractivity contribution in [2.45, 2.75) is 34.2 Å². The SMILES string of the molecule is CC(C)CN(CC(C)C)C(=O)Cn1cc(N)ccc1=O. The van der Waals surface area contributed by atoms with Crippen LogP contribution in [-0.4, -0.2) is 28.5 Å². The van der Waals surface area contributed by atoms with Crippen molar-refractivity contribution < 1.29 is 4.79 Å². The lowest BCUT2D eigenvalue weighted by atomic mass is 10.1. The van der Waals surface area contributed by atoms with Gasteiger partial charge in [0.15, 0.2) is 0 Å². The van der Waals surface area contributed by atoms with Crippen LogP contribution in [0.5, 0.6) is 0 Å². The largest absolute Gasteiger partial charge is 0.398 e. The number of hydrogen-bond acceptors (Lipinski definition) is 3. The van der Waals surface area contributed by atoms with Crippen molar-refractivity contribution in [3.8, 4) is 0 Å². The van der Waals surface area contributed by atoms with Crippen LogP contribution < -0.4 is 11.3 Å². The smallest absolute Gasteiger partial charge is 0.251 e. The summed E-state index contributed by atoms with van der Waals surface area (Å²) in [4.78, 5) is 25.9. The molecule has 1 aromatic heterocycles. The minimum absolute atomic E-state index is 0.0416. The van der Waals surface area contributed by atoms with Gasteiger partial charge in [-0.2, -0.15) is 0 Å². The number of hydrogen-bond donors (Lipinski definition) is 1. The van der Waals surface area contributed by atoms with Gasteiger partial charge in [0.1, 0.15) is 6.54 Å². The molecule has 0 radical (unpaired) electrons. The maximum atomic E-state index is 12.4. The van der Waals surface area contributed by atoms with Crippen molar-refractivity contribution >= 4 is 11.6 Å². The van der Waals surface area contributed by atoms with Crippen molar-refractivity contribution in [2.75, 3.05) is 18.8 Å². The van der Waals surface area contributed by atoms with Crippen LogP contribution in [0.15, 0.2) is 23.1 Å². The van der Waals surface area contributed by atoms with Gasteiger partial charge in [0.25, 0.3) is 5.56 Å². The van der Waals surface area contributed by atoms with Gasteiger partial charge in [0.2, 0.25) is 5.91 Å². The molecule has 1 aromatic rings. The van der Waals surface area contributed by atoms with Gasteiger partial charge in [0.05, 0.1) is 0 Å². The summed E-state index contributed by atoms with van der Waals surface area (Å²) in [6.45, 7) is 9.76. The summed E-state index contributed by atoms with van der Waals surface area (Å²) in [7, 11) is 0. The van der Waals surface area contributed by atoms with Gasteiger partial charge in [0, 0.05) is 31.0 Å². The van der Waals surface area contributed by atoms with Crippen molar-refractivity contribution in [3.05, 3.63) is 28.7 Å². The van der Waals surface area contributed by atoms with E-state index < -0.39 is 0 Å². The number of amides is 1. The molecule has 0 spiro atoms. The topological polar surface area (TPSA) is 68.3 Å². The van der Waals surface area contributed by atoms with E-state index in [-0.39, 0.29) is 18.0 Å². The predicted molar refractivity (Wildman–Crippen MR) is 81.4 cm³/mol. The molecule has 0 fully saturated rings. The molecule has 1 rings (SSSR count). The van der Waals surface area contributed by atoms with E-state index in [1.165, 1.54) is 16.8 Å². The number of nitrogen functional groups attached to an aromatic ring is 1. The first kappa shape index (κ1) is 16.3. The molecule has 2 N–H and O–H groups in total. The van der Waals surface area contributed by atoms with Gasteiger partial charge in [-0.3, -0.25) is 9.59 Å². The lowest BCUT2D eigenvalue weighted by Crippen LogP contribution is -2.40. The van der Waals surface area contributed by atoms with E-state index >= 15 is 0 Å². The number of aromatic nitrogens is 1. The molecule has 0 aliphatic carbocycles. The van der Waals surface area contributed by atoms with E-state index in [4.69, 9.17) is 5.73 Å². The van der Waals surface area contributed by atoms with Crippen molar-refractivity contribution in [2.24, 2.45) is 11.8 Å². The van der Waals surface area contributed by atoms with Crippen LogP contribution in [0.25, 0.3) is 0 Å². The molecule has 112 valence electrons. The molecule has 0 aromatic carbocycles. The molecular weight excluding hydrogens is 254 g/mol. The average Bonchev–Trinajstić information content (AvgIpc) is 2.31. The number of nitrogens with zero attached hydrogens (tertiary/aromatic N) is 2. The van der Waals surface area contributed by atoms with E-state index in [0.29, 0.717) is 30.6 Å². The first-order valence-electron chi connectivity index (χ1n) is 7.03. The van der Waals surface area contributed by atoms with Gasteiger partial charge in [-0.25, -0.2) is 0 Å². The Balaban J connectivity index is 2.84. The molecular formula is C15H25N3O2. The normalized spacial score (nSPS) is 11.1. The second kappa shape index (κ2) is 7.12. The predicted octanol–water partition coefficient (Wildman–Crippen LogP) is 1.57. The lowest BCUT2D eigenvalue weighted by molar-refractivity contribution is -0.133. The zero-order valence-electron chi connectivity index (χ0n) is 12.8. The van der Waals surface area contributed by atoms with Crippen LogP contribution in [-0.2, 0) is 11.3 Å². The van der Waals surface area contributed by atoms with Gasteiger partial charge >= 0.3 is 0 Å². The third-order valence-electron chi connectivity index (χ3n) is 2.84. The molecule has 5 nitrogen and oxygen atoms in total. The number of pyridine rings is 1. The van der Waals surface area contributed by atoms with Crippen LogP contribution in [0.2, 0.25) is 0 Å². The zero-order chi connectivity index (χ0) is 15.3. The molecule has 0 aliphatic heterocycles. The third kappa shape index (κ3) is 5.07. The zero-order valence-corrected chi connectivity index (χ0v) is 12.8. The van der Waals surface area contributed by atoms with Gasteiger partial charge in [-0.1, -0.05) is 27.7 Å². The van der Waals surface area contributed by atoms with E-state index in [1.54, 1.807) is 6.07 Å². The molecule has 20 heavy (non-hydrogen) atoms. The highest BCUT2D eigenvalue weighted by Gasteiger charge is 2.17. The number of nitrogens with two attached hydrogens (primary N) is 1. The Bertz CT molecular complexity index is 496. The Morgan fingerprint density at radius 2 is 1.75 bits per heavy atom. The molecule has 0 atom stereocenters. The lowest BCUT2D eigenvalue weighted by Gasteiger charge is -2.26. The van der Waals surface area contributed by atoms with Crippen molar-refractivity contribution in [1.82, 2.24) is 9.47 Å². The number of anilines is 1. The molecule has 0 aliphatic rings. The van der Waals surface area contributed by atoms with Gasteiger partial charge < -0.3 is 15.2 Å². The van der Waals surface area contributed by atoms with Crippen LogP contribution in [0, 0.1) is 11.8 Å². The van der Waals surface area contributed by atoms with Crippen LogP contribution >= 0.6 is 0 Å².